The summed E-state index contributed by atoms with van der Waals surface area (Å²) in [5, 5.41) is 10.9. The summed E-state index contributed by atoms with van der Waals surface area (Å²) in [6.45, 7) is 2.28. The van der Waals surface area contributed by atoms with E-state index in [1.165, 1.54) is 57.8 Å². The highest BCUT2D eigenvalue weighted by atomic mass is 16.3. The molecule has 2 fully saturated rings. The van der Waals surface area contributed by atoms with E-state index in [-0.39, 0.29) is 5.60 Å². The highest BCUT2D eigenvalue weighted by molar-refractivity contribution is 4.92. The lowest BCUT2D eigenvalue weighted by atomic mass is 9.68. The molecule has 0 aromatic heterocycles. The van der Waals surface area contributed by atoms with Gasteiger partial charge in [0.25, 0.3) is 0 Å². The van der Waals surface area contributed by atoms with Gasteiger partial charge in [-0.15, -0.1) is 0 Å². The Morgan fingerprint density at radius 2 is 1.69 bits per heavy atom. The van der Waals surface area contributed by atoms with Crippen LogP contribution < -0.4 is 0 Å². The largest absolute Gasteiger partial charge is 0.390 e. The molecule has 2 atom stereocenters. The third-order valence-corrected chi connectivity index (χ3v) is 5.06. The van der Waals surface area contributed by atoms with Gasteiger partial charge < -0.3 is 5.11 Å². The molecule has 0 spiro atoms. The molecule has 1 nitrogen and oxygen atoms in total. The quantitative estimate of drug-likeness (QED) is 0.694. The normalized spacial score (nSPS) is 38.2. The molecule has 2 aliphatic rings. The fraction of sp³-hybridized carbons (Fsp3) is 1.00. The predicted octanol–water partition coefficient (Wildman–Crippen LogP) is 4.29. The maximum atomic E-state index is 10.9. The van der Waals surface area contributed by atoms with Crippen LogP contribution in [0.25, 0.3) is 0 Å². The second-order valence-corrected chi connectivity index (χ2v) is 6.16. The van der Waals surface area contributed by atoms with Gasteiger partial charge in [-0.1, -0.05) is 51.9 Å². The van der Waals surface area contributed by atoms with Crippen molar-refractivity contribution in [2.75, 3.05) is 0 Å². The Kier molecular flexibility index (Phi) is 4.29. The van der Waals surface area contributed by atoms with E-state index >= 15 is 0 Å². The molecular weight excluding hydrogens is 196 g/mol. The van der Waals surface area contributed by atoms with Gasteiger partial charge in [0.05, 0.1) is 5.60 Å². The second kappa shape index (κ2) is 5.53. The number of hydrogen-bond acceptors (Lipinski definition) is 1. The monoisotopic (exact) mass is 224 g/mol. The van der Waals surface area contributed by atoms with Crippen LogP contribution >= 0.6 is 0 Å². The first-order valence-corrected chi connectivity index (χ1v) is 7.47. The Morgan fingerprint density at radius 1 is 1.00 bits per heavy atom. The lowest BCUT2D eigenvalue weighted by molar-refractivity contribution is -0.0703. The van der Waals surface area contributed by atoms with Gasteiger partial charge in [-0.25, -0.2) is 0 Å². The maximum Gasteiger partial charge on any atom is 0.0678 e. The fourth-order valence-electron chi connectivity index (χ4n) is 3.94. The molecule has 2 unspecified atom stereocenters. The summed E-state index contributed by atoms with van der Waals surface area (Å²) in [7, 11) is 0. The van der Waals surface area contributed by atoms with E-state index in [1.807, 2.05) is 0 Å². The third-order valence-electron chi connectivity index (χ3n) is 5.06. The fourth-order valence-corrected chi connectivity index (χ4v) is 3.94. The summed E-state index contributed by atoms with van der Waals surface area (Å²) in [5.74, 6) is 1.41. The van der Waals surface area contributed by atoms with Crippen molar-refractivity contribution in [3.63, 3.8) is 0 Å². The molecule has 94 valence electrons. The summed E-state index contributed by atoms with van der Waals surface area (Å²) >= 11 is 0. The van der Waals surface area contributed by atoms with E-state index in [0.29, 0.717) is 5.92 Å². The minimum atomic E-state index is -0.288. The lowest BCUT2D eigenvalue weighted by Gasteiger charge is -2.42. The molecule has 1 heteroatoms. The molecule has 0 heterocycles. The SMILES string of the molecule is CCC1CCCC(O)(C2CCCCCC2)C1. The molecule has 0 radical (unpaired) electrons. The van der Waals surface area contributed by atoms with Gasteiger partial charge in [0.15, 0.2) is 0 Å². The number of rotatable bonds is 2. The van der Waals surface area contributed by atoms with Crippen molar-refractivity contribution in [1.82, 2.24) is 0 Å². The standard InChI is InChI=1S/C15H28O/c1-2-13-8-7-11-15(16,12-13)14-9-5-3-4-6-10-14/h13-14,16H,2-12H2,1H3. The van der Waals surface area contributed by atoms with Crippen LogP contribution in [0, 0.1) is 11.8 Å². The first-order chi connectivity index (χ1) is 7.74. The van der Waals surface area contributed by atoms with E-state index in [2.05, 4.69) is 6.92 Å². The molecule has 2 saturated carbocycles. The van der Waals surface area contributed by atoms with E-state index < -0.39 is 0 Å². The highest BCUT2D eigenvalue weighted by Gasteiger charge is 2.40. The topological polar surface area (TPSA) is 20.2 Å². The van der Waals surface area contributed by atoms with Gasteiger partial charge in [-0.05, 0) is 37.5 Å². The predicted molar refractivity (Wildman–Crippen MR) is 68.4 cm³/mol. The lowest BCUT2D eigenvalue weighted by Crippen LogP contribution is -2.42. The smallest absolute Gasteiger partial charge is 0.0678 e. The molecule has 0 bridgehead atoms. The number of aliphatic hydroxyl groups is 1. The van der Waals surface area contributed by atoms with Crippen LogP contribution in [-0.4, -0.2) is 10.7 Å². The van der Waals surface area contributed by atoms with Gasteiger partial charge in [0, 0.05) is 0 Å². The second-order valence-electron chi connectivity index (χ2n) is 6.16. The van der Waals surface area contributed by atoms with Gasteiger partial charge >= 0.3 is 0 Å². The van der Waals surface area contributed by atoms with Gasteiger partial charge in [-0.3, -0.25) is 0 Å². The van der Waals surface area contributed by atoms with Crippen molar-refractivity contribution < 1.29 is 5.11 Å². The average molecular weight is 224 g/mol. The Hall–Kier alpha value is -0.0400. The summed E-state index contributed by atoms with van der Waals surface area (Å²) in [4.78, 5) is 0. The average Bonchev–Trinajstić information content (AvgIpc) is 2.58. The van der Waals surface area contributed by atoms with E-state index in [1.54, 1.807) is 0 Å². The zero-order chi connectivity index (χ0) is 11.4. The molecule has 0 aliphatic heterocycles. The molecule has 2 rings (SSSR count). The zero-order valence-corrected chi connectivity index (χ0v) is 10.9. The summed E-state index contributed by atoms with van der Waals surface area (Å²) in [5.41, 5.74) is -0.288. The van der Waals surface area contributed by atoms with Crippen LogP contribution in [0.15, 0.2) is 0 Å². The molecule has 16 heavy (non-hydrogen) atoms. The maximum absolute atomic E-state index is 10.9. The van der Waals surface area contributed by atoms with Crippen molar-refractivity contribution in [3.8, 4) is 0 Å². The summed E-state index contributed by atoms with van der Waals surface area (Å²) in [6, 6.07) is 0. The molecule has 0 saturated heterocycles. The van der Waals surface area contributed by atoms with Crippen LogP contribution in [0.2, 0.25) is 0 Å². The molecule has 0 amide bonds. The van der Waals surface area contributed by atoms with E-state index in [0.717, 1.165) is 18.8 Å². The van der Waals surface area contributed by atoms with Gasteiger partial charge in [0.1, 0.15) is 0 Å². The van der Waals surface area contributed by atoms with Crippen molar-refractivity contribution in [1.29, 1.82) is 0 Å². The van der Waals surface area contributed by atoms with E-state index in [4.69, 9.17) is 0 Å². The first-order valence-electron chi connectivity index (χ1n) is 7.47. The summed E-state index contributed by atoms with van der Waals surface area (Å²) < 4.78 is 0. The van der Waals surface area contributed by atoms with Crippen molar-refractivity contribution in [2.24, 2.45) is 11.8 Å². The van der Waals surface area contributed by atoms with E-state index in [9.17, 15) is 5.11 Å². The molecule has 0 aromatic carbocycles. The van der Waals surface area contributed by atoms with Crippen LogP contribution in [0.1, 0.15) is 77.6 Å². The Balaban J connectivity index is 1.98. The van der Waals surface area contributed by atoms with Crippen molar-refractivity contribution >= 4 is 0 Å². The van der Waals surface area contributed by atoms with Gasteiger partial charge in [0.2, 0.25) is 0 Å². The minimum Gasteiger partial charge on any atom is -0.390 e. The van der Waals surface area contributed by atoms with Crippen molar-refractivity contribution in [2.45, 2.75) is 83.2 Å². The van der Waals surface area contributed by atoms with Gasteiger partial charge in [-0.2, -0.15) is 0 Å². The Labute approximate surface area is 101 Å². The zero-order valence-electron chi connectivity index (χ0n) is 10.9. The Bertz CT molecular complexity index is 205. The van der Waals surface area contributed by atoms with Crippen LogP contribution in [0.5, 0.6) is 0 Å². The molecular formula is C15H28O. The highest BCUT2D eigenvalue weighted by Crippen LogP contribution is 2.43. The third kappa shape index (κ3) is 2.80. The molecule has 2 aliphatic carbocycles. The van der Waals surface area contributed by atoms with Crippen LogP contribution in [-0.2, 0) is 0 Å². The Morgan fingerprint density at radius 3 is 2.31 bits per heavy atom. The first kappa shape index (κ1) is 12.4. The molecule has 1 N–H and O–H groups in total. The molecule has 0 aromatic rings. The number of hydrogen-bond donors (Lipinski definition) is 1. The van der Waals surface area contributed by atoms with Crippen LogP contribution in [0.4, 0.5) is 0 Å². The van der Waals surface area contributed by atoms with Crippen molar-refractivity contribution in [3.05, 3.63) is 0 Å². The summed E-state index contributed by atoms with van der Waals surface area (Å²) in [6.07, 6.45) is 14.1. The van der Waals surface area contributed by atoms with Crippen LogP contribution in [0.3, 0.4) is 0 Å². The minimum absolute atomic E-state index is 0.288.